The molecule has 0 spiro atoms. The molecule has 1 atom stereocenters. The summed E-state index contributed by atoms with van der Waals surface area (Å²) in [6, 6.07) is 8.19. The largest absolute Gasteiger partial charge is 0.383 e. The van der Waals surface area contributed by atoms with Crippen molar-refractivity contribution in [2.24, 2.45) is 0 Å². The number of rotatable bonds is 7. The molecule has 1 rings (SSSR count). The molecule has 0 aliphatic rings. The molecule has 18 heavy (non-hydrogen) atoms. The molecular formula is C14H22N2O2. The van der Waals surface area contributed by atoms with E-state index in [9.17, 15) is 4.79 Å². The Morgan fingerprint density at radius 1 is 1.39 bits per heavy atom. The number of methoxy groups -OCH3 is 1. The first-order chi connectivity index (χ1) is 8.63. The van der Waals surface area contributed by atoms with E-state index in [-0.39, 0.29) is 11.9 Å². The van der Waals surface area contributed by atoms with Crippen LogP contribution in [0.25, 0.3) is 0 Å². The maximum absolute atomic E-state index is 11.6. The first-order valence-electron chi connectivity index (χ1n) is 6.17. The molecule has 1 aromatic rings. The van der Waals surface area contributed by atoms with Crippen LogP contribution in [0.1, 0.15) is 18.1 Å². The highest BCUT2D eigenvalue weighted by Crippen LogP contribution is 2.05. The lowest BCUT2D eigenvalue weighted by atomic mass is 10.1. The van der Waals surface area contributed by atoms with Crippen LogP contribution in [-0.4, -0.2) is 32.2 Å². The summed E-state index contributed by atoms with van der Waals surface area (Å²) in [5, 5.41) is 5.99. The van der Waals surface area contributed by atoms with E-state index in [4.69, 9.17) is 4.74 Å². The summed E-state index contributed by atoms with van der Waals surface area (Å²) in [5.74, 6) is -0.00636. The predicted octanol–water partition coefficient (Wildman–Crippen LogP) is 1.24. The zero-order valence-corrected chi connectivity index (χ0v) is 11.3. The molecule has 1 unspecified atom stereocenters. The molecule has 100 valence electrons. The normalized spacial score (nSPS) is 12.2. The number of carbonyl (C=O) groups excluding carboxylic acids is 1. The highest BCUT2D eigenvalue weighted by molar-refractivity contribution is 5.78. The van der Waals surface area contributed by atoms with E-state index in [1.165, 1.54) is 11.1 Å². The number of nitrogens with one attached hydrogen (secondary N) is 2. The molecule has 2 N–H and O–H groups in total. The monoisotopic (exact) mass is 250 g/mol. The van der Waals surface area contributed by atoms with Gasteiger partial charge in [0.15, 0.2) is 0 Å². The quantitative estimate of drug-likeness (QED) is 0.765. The second kappa shape index (κ2) is 7.84. The minimum atomic E-state index is -0.00636. The smallest absolute Gasteiger partial charge is 0.234 e. The summed E-state index contributed by atoms with van der Waals surface area (Å²) in [4.78, 5) is 11.6. The third-order valence-electron chi connectivity index (χ3n) is 2.69. The van der Waals surface area contributed by atoms with Crippen molar-refractivity contribution in [3.05, 3.63) is 35.4 Å². The molecule has 0 aromatic heterocycles. The van der Waals surface area contributed by atoms with Crippen LogP contribution in [-0.2, 0) is 16.1 Å². The SMILES string of the molecule is COCC(C)NC(=O)CNCc1ccccc1C. The van der Waals surface area contributed by atoms with Crippen LogP contribution < -0.4 is 10.6 Å². The molecule has 1 amide bonds. The van der Waals surface area contributed by atoms with Gasteiger partial charge in [0, 0.05) is 19.7 Å². The van der Waals surface area contributed by atoms with Gasteiger partial charge in [-0.3, -0.25) is 4.79 Å². The van der Waals surface area contributed by atoms with Gasteiger partial charge < -0.3 is 15.4 Å². The van der Waals surface area contributed by atoms with Gasteiger partial charge in [0.05, 0.1) is 13.2 Å². The second-order valence-corrected chi connectivity index (χ2v) is 4.45. The van der Waals surface area contributed by atoms with Crippen molar-refractivity contribution >= 4 is 5.91 Å². The van der Waals surface area contributed by atoms with Gasteiger partial charge in [-0.15, -0.1) is 0 Å². The van der Waals surface area contributed by atoms with Gasteiger partial charge in [0.1, 0.15) is 0 Å². The van der Waals surface area contributed by atoms with E-state index < -0.39 is 0 Å². The van der Waals surface area contributed by atoms with Crippen LogP contribution in [0.3, 0.4) is 0 Å². The van der Waals surface area contributed by atoms with Gasteiger partial charge in [0.2, 0.25) is 5.91 Å². The Balaban J connectivity index is 2.25. The minimum absolute atomic E-state index is 0.00636. The second-order valence-electron chi connectivity index (χ2n) is 4.45. The lowest BCUT2D eigenvalue weighted by Crippen LogP contribution is -2.40. The number of amides is 1. The van der Waals surface area contributed by atoms with Gasteiger partial charge in [0.25, 0.3) is 0 Å². The van der Waals surface area contributed by atoms with Crippen LogP contribution in [0.4, 0.5) is 0 Å². The Kier molecular flexibility index (Phi) is 6.39. The van der Waals surface area contributed by atoms with E-state index in [1.807, 2.05) is 19.1 Å². The Morgan fingerprint density at radius 3 is 2.78 bits per heavy atom. The van der Waals surface area contributed by atoms with E-state index in [0.717, 1.165) is 0 Å². The van der Waals surface area contributed by atoms with Crippen LogP contribution in [0, 0.1) is 6.92 Å². The van der Waals surface area contributed by atoms with Gasteiger partial charge in [-0.25, -0.2) is 0 Å². The number of hydrogen-bond acceptors (Lipinski definition) is 3. The molecule has 1 aromatic carbocycles. The number of aryl methyl sites for hydroxylation is 1. The van der Waals surface area contributed by atoms with Crippen molar-refractivity contribution in [3.63, 3.8) is 0 Å². The average Bonchev–Trinajstić information content (AvgIpc) is 2.31. The van der Waals surface area contributed by atoms with E-state index >= 15 is 0 Å². The average molecular weight is 250 g/mol. The van der Waals surface area contributed by atoms with Crippen molar-refractivity contribution in [2.45, 2.75) is 26.4 Å². The standard InChI is InChI=1S/C14H22N2O2/c1-11-6-4-5-7-13(11)8-15-9-14(17)16-12(2)10-18-3/h4-7,12,15H,8-10H2,1-3H3,(H,16,17). The zero-order valence-electron chi connectivity index (χ0n) is 11.3. The van der Waals surface area contributed by atoms with Crippen molar-refractivity contribution in [2.75, 3.05) is 20.3 Å². The highest BCUT2D eigenvalue weighted by Gasteiger charge is 2.06. The first-order valence-corrected chi connectivity index (χ1v) is 6.17. The minimum Gasteiger partial charge on any atom is -0.383 e. The maximum Gasteiger partial charge on any atom is 0.234 e. The third-order valence-corrected chi connectivity index (χ3v) is 2.69. The summed E-state index contributed by atoms with van der Waals surface area (Å²) in [6.07, 6.45) is 0. The summed E-state index contributed by atoms with van der Waals surface area (Å²) in [7, 11) is 1.62. The number of hydrogen-bond donors (Lipinski definition) is 2. The lowest BCUT2D eigenvalue weighted by Gasteiger charge is -2.13. The van der Waals surface area contributed by atoms with E-state index in [1.54, 1.807) is 7.11 Å². The molecule has 0 aliphatic heterocycles. The van der Waals surface area contributed by atoms with Gasteiger partial charge in [-0.2, -0.15) is 0 Å². The Labute approximate surface area is 109 Å². The Morgan fingerprint density at radius 2 is 2.11 bits per heavy atom. The van der Waals surface area contributed by atoms with Crippen LogP contribution in [0.5, 0.6) is 0 Å². The molecule has 0 saturated heterocycles. The molecule has 4 nitrogen and oxygen atoms in total. The number of ether oxygens (including phenoxy) is 1. The number of carbonyl (C=O) groups is 1. The van der Waals surface area contributed by atoms with Gasteiger partial charge in [-0.05, 0) is 25.0 Å². The Bertz CT molecular complexity index is 380. The first kappa shape index (κ1) is 14.7. The molecular weight excluding hydrogens is 228 g/mol. The molecule has 0 saturated carbocycles. The van der Waals surface area contributed by atoms with E-state index in [2.05, 4.69) is 29.7 Å². The lowest BCUT2D eigenvalue weighted by molar-refractivity contribution is -0.121. The fraction of sp³-hybridized carbons (Fsp3) is 0.500. The molecule has 0 aliphatic carbocycles. The summed E-state index contributed by atoms with van der Waals surface area (Å²) in [6.45, 7) is 5.55. The summed E-state index contributed by atoms with van der Waals surface area (Å²) >= 11 is 0. The van der Waals surface area contributed by atoms with Crippen LogP contribution in [0.15, 0.2) is 24.3 Å². The van der Waals surface area contributed by atoms with Crippen molar-refractivity contribution < 1.29 is 9.53 Å². The summed E-state index contributed by atoms with van der Waals surface area (Å²) < 4.78 is 4.96. The maximum atomic E-state index is 11.6. The highest BCUT2D eigenvalue weighted by atomic mass is 16.5. The topological polar surface area (TPSA) is 50.4 Å². The van der Waals surface area contributed by atoms with Crippen molar-refractivity contribution in [1.29, 1.82) is 0 Å². The molecule has 4 heteroatoms. The van der Waals surface area contributed by atoms with Crippen LogP contribution in [0.2, 0.25) is 0 Å². The predicted molar refractivity (Wildman–Crippen MR) is 72.4 cm³/mol. The zero-order chi connectivity index (χ0) is 13.4. The van der Waals surface area contributed by atoms with Gasteiger partial charge >= 0.3 is 0 Å². The van der Waals surface area contributed by atoms with Gasteiger partial charge in [-0.1, -0.05) is 24.3 Å². The van der Waals surface area contributed by atoms with Crippen molar-refractivity contribution in [1.82, 2.24) is 10.6 Å². The fourth-order valence-electron chi connectivity index (χ4n) is 1.74. The Hall–Kier alpha value is -1.39. The third kappa shape index (κ3) is 5.29. The van der Waals surface area contributed by atoms with Crippen LogP contribution >= 0.6 is 0 Å². The van der Waals surface area contributed by atoms with E-state index in [0.29, 0.717) is 19.7 Å². The molecule has 0 fully saturated rings. The van der Waals surface area contributed by atoms with Crippen molar-refractivity contribution in [3.8, 4) is 0 Å². The molecule has 0 heterocycles. The molecule has 0 radical (unpaired) electrons. The molecule has 0 bridgehead atoms. The fourth-order valence-corrected chi connectivity index (χ4v) is 1.74. The number of benzene rings is 1. The summed E-state index contributed by atoms with van der Waals surface area (Å²) in [5.41, 5.74) is 2.45.